The van der Waals surface area contributed by atoms with Gasteiger partial charge < -0.3 is 14.6 Å². The highest BCUT2D eigenvalue weighted by Gasteiger charge is 2.11. The summed E-state index contributed by atoms with van der Waals surface area (Å²) in [6.07, 6.45) is 0.0417. The van der Waals surface area contributed by atoms with Gasteiger partial charge in [-0.3, -0.25) is 0 Å². The van der Waals surface area contributed by atoms with E-state index in [2.05, 4.69) is 0 Å². The van der Waals surface area contributed by atoms with E-state index in [4.69, 9.17) is 9.47 Å². The molecule has 3 nitrogen and oxygen atoms in total. The maximum atomic E-state index is 13.3. The molecule has 0 spiro atoms. The van der Waals surface area contributed by atoms with E-state index in [1.165, 1.54) is 6.07 Å². The molecule has 1 aromatic rings. The second-order valence-electron chi connectivity index (χ2n) is 3.72. The van der Waals surface area contributed by atoms with Crippen LogP contribution in [0.25, 0.3) is 0 Å². The molecule has 0 aliphatic heterocycles. The van der Waals surface area contributed by atoms with Crippen LogP contribution in [0, 0.1) is 5.82 Å². The maximum absolute atomic E-state index is 13.3. The van der Waals surface area contributed by atoms with Crippen molar-refractivity contribution in [3.05, 3.63) is 35.6 Å². The summed E-state index contributed by atoms with van der Waals surface area (Å²) in [5.41, 5.74) is 0.266. The van der Waals surface area contributed by atoms with Gasteiger partial charge in [-0.2, -0.15) is 0 Å². The molecule has 1 N–H and O–H groups in total. The number of rotatable bonds is 8. The fourth-order valence-corrected chi connectivity index (χ4v) is 1.39. The molecule has 0 aliphatic rings. The van der Waals surface area contributed by atoms with Gasteiger partial charge in [-0.15, -0.1) is 0 Å². The Labute approximate surface area is 101 Å². The fourth-order valence-electron chi connectivity index (χ4n) is 1.39. The molecular formula is C13H19FO3. The summed E-state index contributed by atoms with van der Waals surface area (Å²) in [6, 6.07) is 6.15. The van der Waals surface area contributed by atoms with Crippen LogP contribution in [-0.4, -0.2) is 31.5 Å². The lowest BCUT2D eigenvalue weighted by molar-refractivity contribution is 0.00225. The number of hydrogen-bond acceptors (Lipinski definition) is 3. The summed E-state index contributed by atoms with van der Waals surface area (Å²) >= 11 is 0. The van der Waals surface area contributed by atoms with E-state index in [0.29, 0.717) is 19.8 Å². The zero-order valence-electron chi connectivity index (χ0n) is 10.1. The molecule has 4 heteroatoms. The fraction of sp³-hybridized carbons (Fsp3) is 0.538. The minimum absolute atomic E-state index is 0.0798. The number of benzene rings is 1. The second-order valence-corrected chi connectivity index (χ2v) is 3.72. The van der Waals surface area contributed by atoms with Gasteiger partial charge in [0.15, 0.2) is 0 Å². The summed E-state index contributed by atoms with van der Waals surface area (Å²) in [4.78, 5) is 0. The lowest BCUT2D eigenvalue weighted by Crippen LogP contribution is -2.12. The number of ether oxygens (including phenoxy) is 2. The largest absolute Gasteiger partial charge is 0.386 e. The quantitative estimate of drug-likeness (QED) is 0.711. The Balaban J connectivity index is 2.21. The predicted molar refractivity (Wildman–Crippen MR) is 63.3 cm³/mol. The van der Waals surface area contributed by atoms with Crippen LogP contribution >= 0.6 is 0 Å². The van der Waals surface area contributed by atoms with Crippen molar-refractivity contribution >= 4 is 0 Å². The van der Waals surface area contributed by atoms with Crippen LogP contribution in [0.3, 0.4) is 0 Å². The van der Waals surface area contributed by atoms with Crippen molar-refractivity contribution in [3.63, 3.8) is 0 Å². The minimum Gasteiger partial charge on any atom is -0.386 e. The van der Waals surface area contributed by atoms with Crippen LogP contribution in [0.1, 0.15) is 25.0 Å². The Bertz CT molecular complexity index is 317. The van der Waals surface area contributed by atoms with Gasteiger partial charge >= 0.3 is 0 Å². The highest BCUT2D eigenvalue weighted by atomic mass is 19.1. The van der Waals surface area contributed by atoms with Crippen molar-refractivity contribution in [1.82, 2.24) is 0 Å². The summed E-state index contributed by atoms with van der Waals surface area (Å²) in [7, 11) is 0. The van der Waals surface area contributed by atoms with E-state index in [-0.39, 0.29) is 12.2 Å². The van der Waals surface area contributed by atoms with Gasteiger partial charge in [0, 0.05) is 12.2 Å². The Kier molecular flexibility index (Phi) is 6.77. The molecule has 0 bridgehead atoms. The predicted octanol–water partition coefficient (Wildman–Crippen LogP) is 2.30. The van der Waals surface area contributed by atoms with E-state index in [1.54, 1.807) is 18.2 Å². The molecule has 0 saturated carbocycles. The lowest BCUT2D eigenvalue weighted by Gasteiger charge is -2.12. The summed E-state index contributed by atoms with van der Waals surface area (Å²) < 4.78 is 23.7. The van der Waals surface area contributed by atoms with Crippen molar-refractivity contribution in [2.75, 3.05) is 26.4 Å². The van der Waals surface area contributed by atoms with Gasteiger partial charge in [0.2, 0.25) is 0 Å². The molecule has 96 valence electrons. The van der Waals surface area contributed by atoms with E-state index in [0.717, 1.165) is 6.42 Å². The average Bonchev–Trinajstić information content (AvgIpc) is 2.34. The molecule has 0 fully saturated rings. The van der Waals surface area contributed by atoms with E-state index in [9.17, 15) is 9.50 Å². The Hall–Kier alpha value is -0.970. The van der Waals surface area contributed by atoms with E-state index in [1.807, 2.05) is 6.92 Å². The number of halogens is 1. The molecule has 0 aliphatic carbocycles. The highest BCUT2D eigenvalue weighted by Crippen LogP contribution is 2.16. The first-order chi connectivity index (χ1) is 8.25. The maximum Gasteiger partial charge on any atom is 0.129 e. The van der Waals surface area contributed by atoms with Gasteiger partial charge in [-0.1, -0.05) is 25.1 Å². The zero-order chi connectivity index (χ0) is 12.5. The van der Waals surface area contributed by atoms with Crippen LogP contribution < -0.4 is 0 Å². The van der Waals surface area contributed by atoms with Crippen molar-refractivity contribution in [2.45, 2.75) is 19.4 Å². The third kappa shape index (κ3) is 5.26. The first kappa shape index (κ1) is 14.1. The van der Waals surface area contributed by atoms with Crippen LogP contribution in [0.5, 0.6) is 0 Å². The van der Waals surface area contributed by atoms with E-state index >= 15 is 0 Å². The first-order valence-corrected chi connectivity index (χ1v) is 5.83. The number of aliphatic hydroxyl groups excluding tert-OH is 1. The van der Waals surface area contributed by atoms with Gasteiger partial charge in [-0.05, 0) is 12.5 Å². The molecule has 0 amide bonds. The monoisotopic (exact) mass is 242 g/mol. The van der Waals surface area contributed by atoms with Gasteiger partial charge in [-0.25, -0.2) is 4.39 Å². The lowest BCUT2D eigenvalue weighted by atomic mass is 10.1. The standard InChI is InChI=1S/C13H19FO3/c1-2-7-16-8-9-17-10-13(15)11-5-3-4-6-12(11)14/h3-6,13,15H,2,7-10H2,1H3. The topological polar surface area (TPSA) is 38.7 Å². The molecule has 1 rings (SSSR count). The molecule has 1 aromatic carbocycles. The molecule has 0 aromatic heterocycles. The smallest absolute Gasteiger partial charge is 0.129 e. The molecule has 0 saturated heterocycles. The Morgan fingerprint density at radius 1 is 1.18 bits per heavy atom. The molecular weight excluding hydrogens is 223 g/mol. The molecule has 1 unspecified atom stereocenters. The van der Waals surface area contributed by atoms with Crippen LogP contribution in [0.2, 0.25) is 0 Å². The van der Waals surface area contributed by atoms with Crippen molar-refractivity contribution in [1.29, 1.82) is 0 Å². The second kappa shape index (κ2) is 8.17. The van der Waals surface area contributed by atoms with Gasteiger partial charge in [0.1, 0.15) is 11.9 Å². The molecule has 17 heavy (non-hydrogen) atoms. The Morgan fingerprint density at radius 2 is 1.88 bits per heavy atom. The third-order valence-electron chi connectivity index (χ3n) is 2.26. The van der Waals surface area contributed by atoms with Crippen LogP contribution in [0.4, 0.5) is 4.39 Å². The van der Waals surface area contributed by atoms with Crippen LogP contribution in [-0.2, 0) is 9.47 Å². The Morgan fingerprint density at radius 3 is 2.59 bits per heavy atom. The number of aliphatic hydroxyl groups is 1. The molecule has 1 atom stereocenters. The summed E-state index contributed by atoms with van der Waals surface area (Å²) in [6.45, 7) is 3.72. The first-order valence-electron chi connectivity index (χ1n) is 5.83. The molecule has 0 radical (unpaired) electrons. The summed E-state index contributed by atoms with van der Waals surface area (Å²) in [5.74, 6) is -0.411. The normalized spacial score (nSPS) is 12.6. The van der Waals surface area contributed by atoms with Crippen molar-refractivity contribution in [3.8, 4) is 0 Å². The van der Waals surface area contributed by atoms with Crippen molar-refractivity contribution in [2.24, 2.45) is 0 Å². The number of hydrogen-bond donors (Lipinski definition) is 1. The zero-order valence-corrected chi connectivity index (χ0v) is 10.1. The summed E-state index contributed by atoms with van der Waals surface area (Å²) in [5, 5.41) is 9.70. The van der Waals surface area contributed by atoms with Crippen LogP contribution in [0.15, 0.2) is 24.3 Å². The van der Waals surface area contributed by atoms with Gasteiger partial charge in [0.25, 0.3) is 0 Å². The van der Waals surface area contributed by atoms with E-state index < -0.39 is 11.9 Å². The SMILES string of the molecule is CCCOCCOCC(O)c1ccccc1F. The highest BCUT2D eigenvalue weighted by molar-refractivity contribution is 5.19. The molecule has 0 heterocycles. The third-order valence-corrected chi connectivity index (χ3v) is 2.26. The minimum atomic E-state index is -0.928. The van der Waals surface area contributed by atoms with Gasteiger partial charge in [0.05, 0.1) is 19.8 Å². The average molecular weight is 242 g/mol. The van der Waals surface area contributed by atoms with Crippen molar-refractivity contribution < 1.29 is 19.0 Å².